The minimum atomic E-state index is -1.47. The van der Waals surface area contributed by atoms with Crippen LogP contribution in [-0.4, -0.2) is 21.5 Å². The number of rotatable bonds is 4. The summed E-state index contributed by atoms with van der Waals surface area (Å²) in [6.07, 6.45) is 0.510. The minimum absolute atomic E-state index is 0.0820. The van der Waals surface area contributed by atoms with E-state index in [1.165, 1.54) is 6.07 Å². The highest BCUT2D eigenvalue weighted by atomic mass is 32.2. The Morgan fingerprint density at radius 2 is 1.64 bits per heavy atom. The van der Waals surface area contributed by atoms with Gasteiger partial charge >= 0.3 is 5.97 Å². The van der Waals surface area contributed by atoms with E-state index in [4.69, 9.17) is 0 Å². The Morgan fingerprint density at radius 3 is 2.39 bits per heavy atom. The quantitative estimate of drug-likeness (QED) is 0.667. The summed E-state index contributed by atoms with van der Waals surface area (Å²) in [5.41, 5.74) is 2.50. The Labute approximate surface area is 165 Å². The third-order valence-electron chi connectivity index (χ3n) is 4.72. The summed E-state index contributed by atoms with van der Waals surface area (Å²) in [6.45, 7) is 0.296. The summed E-state index contributed by atoms with van der Waals surface area (Å²) < 4.78 is 12.9. The monoisotopic (exact) mass is 391 g/mol. The zero-order valence-electron chi connectivity index (χ0n) is 14.8. The molecule has 0 saturated heterocycles. The standard InChI is InChI=1S/C22H17NO4S/c24-21(23-13-14-6-2-1-3-7-14)17-11-16-10-15-8-4-5-9-19(15)28(27)20(16)12-18(17)22(25)26/h1-9,11-12H,10,13H2,(H,23,24)(H,25,26). The van der Waals surface area contributed by atoms with Gasteiger partial charge in [0.25, 0.3) is 5.91 Å². The third kappa shape index (κ3) is 3.40. The van der Waals surface area contributed by atoms with E-state index in [0.717, 1.165) is 11.1 Å². The molecule has 1 heterocycles. The molecular formula is C22H17NO4S. The summed E-state index contributed by atoms with van der Waals surface area (Å²) in [4.78, 5) is 25.6. The summed E-state index contributed by atoms with van der Waals surface area (Å²) in [6, 6.07) is 19.7. The lowest BCUT2D eigenvalue weighted by Gasteiger charge is -2.22. The molecule has 1 unspecified atom stereocenters. The zero-order valence-corrected chi connectivity index (χ0v) is 15.7. The van der Waals surface area contributed by atoms with Gasteiger partial charge in [0.15, 0.2) is 9.79 Å². The van der Waals surface area contributed by atoms with Gasteiger partial charge in [0.1, 0.15) is 0 Å². The molecule has 1 aliphatic rings. The number of fused-ring (bicyclic) bond motifs is 2. The van der Waals surface area contributed by atoms with Crippen molar-refractivity contribution in [1.82, 2.24) is 5.32 Å². The van der Waals surface area contributed by atoms with E-state index in [2.05, 4.69) is 5.32 Å². The molecule has 0 fully saturated rings. The SMILES string of the molecule is O=C(O)c1cc2c(cc1C(=O)NCc1ccccc1)Cc1ccccc1[S+]2[O-]. The molecule has 2 N–H and O–H groups in total. The molecule has 1 amide bonds. The maximum atomic E-state index is 12.9. The van der Waals surface area contributed by atoms with Crippen LogP contribution in [0, 0.1) is 0 Å². The molecular weight excluding hydrogens is 374 g/mol. The molecule has 0 radical (unpaired) electrons. The first-order valence-electron chi connectivity index (χ1n) is 8.76. The van der Waals surface area contributed by atoms with Crippen molar-refractivity contribution in [3.8, 4) is 0 Å². The normalized spacial score (nSPS) is 14.7. The van der Waals surface area contributed by atoms with Crippen molar-refractivity contribution >= 4 is 23.1 Å². The van der Waals surface area contributed by atoms with E-state index in [1.807, 2.05) is 48.5 Å². The lowest BCUT2D eigenvalue weighted by molar-refractivity contribution is 0.0690. The highest BCUT2D eigenvalue weighted by molar-refractivity contribution is 7.91. The number of carboxylic acid groups (broad SMARTS) is 1. The van der Waals surface area contributed by atoms with Gasteiger partial charge in [0.2, 0.25) is 0 Å². The van der Waals surface area contributed by atoms with Crippen LogP contribution in [0.25, 0.3) is 0 Å². The first-order chi connectivity index (χ1) is 13.5. The second-order valence-electron chi connectivity index (χ2n) is 6.53. The van der Waals surface area contributed by atoms with E-state index in [0.29, 0.717) is 28.3 Å². The van der Waals surface area contributed by atoms with E-state index >= 15 is 0 Å². The van der Waals surface area contributed by atoms with E-state index in [9.17, 15) is 19.2 Å². The first kappa shape index (κ1) is 18.3. The lowest BCUT2D eigenvalue weighted by Crippen LogP contribution is -2.26. The van der Waals surface area contributed by atoms with Gasteiger partial charge < -0.3 is 15.0 Å². The van der Waals surface area contributed by atoms with Crippen molar-refractivity contribution in [2.45, 2.75) is 22.8 Å². The van der Waals surface area contributed by atoms with Gasteiger partial charge in [0, 0.05) is 41.3 Å². The summed E-state index contributed by atoms with van der Waals surface area (Å²) in [5.74, 6) is -1.68. The summed E-state index contributed by atoms with van der Waals surface area (Å²) in [7, 11) is 0. The Bertz CT molecular complexity index is 1070. The molecule has 1 atom stereocenters. The summed E-state index contributed by atoms with van der Waals surface area (Å²) in [5, 5.41) is 12.4. The topological polar surface area (TPSA) is 89.5 Å². The number of carbonyl (C=O) groups excluding carboxylic acids is 1. The minimum Gasteiger partial charge on any atom is -0.606 e. The predicted molar refractivity (Wildman–Crippen MR) is 105 cm³/mol. The number of aromatic carboxylic acids is 1. The van der Waals surface area contributed by atoms with Crippen LogP contribution in [0.1, 0.15) is 37.4 Å². The van der Waals surface area contributed by atoms with Crippen molar-refractivity contribution in [2.75, 3.05) is 0 Å². The van der Waals surface area contributed by atoms with Crippen molar-refractivity contribution < 1.29 is 19.2 Å². The molecule has 140 valence electrons. The van der Waals surface area contributed by atoms with Crippen LogP contribution in [0.15, 0.2) is 76.5 Å². The zero-order chi connectivity index (χ0) is 19.7. The number of benzene rings is 3. The number of carbonyl (C=O) groups is 2. The first-order valence-corrected chi connectivity index (χ1v) is 9.91. The van der Waals surface area contributed by atoms with E-state index in [-0.39, 0.29) is 11.1 Å². The van der Waals surface area contributed by atoms with Crippen LogP contribution < -0.4 is 5.32 Å². The largest absolute Gasteiger partial charge is 0.606 e. The smallest absolute Gasteiger partial charge is 0.336 e. The van der Waals surface area contributed by atoms with Gasteiger partial charge in [-0.1, -0.05) is 48.5 Å². The molecule has 5 nitrogen and oxygen atoms in total. The Kier molecular flexibility index (Phi) is 4.90. The second-order valence-corrected chi connectivity index (χ2v) is 7.95. The predicted octanol–water partition coefficient (Wildman–Crippen LogP) is 3.39. The highest BCUT2D eigenvalue weighted by Gasteiger charge is 2.31. The van der Waals surface area contributed by atoms with Gasteiger partial charge in [-0.05, 0) is 17.7 Å². The number of hydrogen-bond acceptors (Lipinski definition) is 3. The average Bonchev–Trinajstić information content (AvgIpc) is 2.72. The molecule has 1 aliphatic heterocycles. The third-order valence-corrected chi connectivity index (χ3v) is 6.30. The lowest BCUT2D eigenvalue weighted by atomic mass is 9.98. The van der Waals surface area contributed by atoms with Gasteiger partial charge in [-0.2, -0.15) is 0 Å². The van der Waals surface area contributed by atoms with Crippen molar-refractivity contribution in [2.24, 2.45) is 0 Å². The molecule has 3 aromatic rings. The molecule has 3 aromatic carbocycles. The van der Waals surface area contributed by atoms with Gasteiger partial charge in [-0.3, -0.25) is 4.79 Å². The van der Waals surface area contributed by atoms with E-state index in [1.54, 1.807) is 12.1 Å². The highest BCUT2D eigenvalue weighted by Crippen LogP contribution is 2.35. The van der Waals surface area contributed by atoms with Crippen LogP contribution >= 0.6 is 0 Å². The van der Waals surface area contributed by atoms with Gasteiger partial charge in [-0.25, -0.2) is 4.79 Å². The molecule has 4 rings (SSSR count). The molecule has 28 heavy (non-hydrogen) atoms. The summed E-state index contributed by atoms with van der Waals surface area (Å²) >= 11 is -1.47. The Hall–Kier alpha value is -3.09. The molecule has 0 aromatic heterocycles. The van der Waals surface area contributed by atoms with Crippen LogP contribution in [-0.2, 0) is 24.1 Å². The molecule has 0 bridgehead atoms. The Morgan fingerprint density at radius 1 is 0.929 bits per heavy atom. The molecule has 6 heteroatoms. The Balaban J connectivity index is 1.68. The van der Waals surface area contributed by atoms with Crippen LogP contribution in [0.5, 0.6) is 0 Å². The van der Waals surface area contributed by atoms with Gasteiger partial charge in [0.05, 0.1) is 11.1 Å². The fraction of sp³-hybridized carbons (Fsp3) is 0.0909. The number of carboxylic acids is 1. The number of hydrogen-bond donors (Lipinski definition) is 2. The number of amides is 1. The molecule has 0 aliphatic carbocycles. The maximum absolute atomic E-state index is 12.9. The van der Waals surface area contributed by atoms with Crippen molar-refractivity contribution in [1.29, 1.82) is 0 Å². The second kappa shape index (κ2) is 7.50. The van der Waals surface area contributed by atoms with Crippen molar-refractivity contribution in [3.63, 3.8) is 0 Å². The van der Waals surface area contributed by atoms with Crippen LogP contribution in [0.2, 0.25) is 0 Å². The van der Waals surface area contributed by atoms with Crippen LogP contribution in [0.4, 0.5) is 0 Å². The van der Waals surface area contributed by atoms with Gasteiger partial charge in [-0.15, -0.1) is 0 Å². The molecule has 0 saturated carbocycles. The number of nitrogens with one attached hydrogen (secondary N) is 1. The molecule has 0 spiro atoms. The van der Waals surface area contributed by atoms with Crippen molar-refractivity contribution in [3.05, 3.63) is 94.5 Å². The van der Waals surface area contributed by atoms with Crippen LogP contribution in [0.3, 0.4) is 0 Å². The average molecular weight is 391 g/mol. The van der Waals surface area contributed by atoms with E-state index < -0.39 is 23.1 Å². The maximum Gasteiger partial charge on any atom is 0.336 e. The fourth-order valence-electron chi connectivity index (χ4n) is 3.33. The fourth-order valence-corrected chi connectivity index (χ4v) is 4.74.